The fraction of sp³-hybridized carbons (Fsp3) is 0.120. The van der Waals surface area contributed by atoms with E-state index in [2.05, 4.69) is 25.8 Å². The van der Waals surface area contributed by atoms with E-state index in [1.807, 2.05) is 79.0 Å². The quantitative estimate of drug-likeness (QED) is 0.386. The molecule has 0 amide bonds. The number of hydrogen-bond donors (Lipinski definition) is 1. The summed E-state index contributed by atoms with van der Waals surface area (Å²) in [4.78, 5) is 6.76. The van der Waals surface area contributed by atoms with Crippen molar-refractivity contribution in [3.8, 4) is 11.4 Å². The average Bonchev–Trinajstić information content (AvgIpc) is 3.44. The minimum absolute atomic E-state index is 0.136. The summed E-state index contributed by atoms with van der Waals surface area (Å²) in [7, 11) is 1.69. The highest BCUT2D eigenvalue weighted by molar-refractivity contribution is 7.80. The van der Waals surface area contributed by atoms with Gasteiger partial charge in [-0.3, -0.25) is 4.98 Å². The maximum Gasteiger partial charge on any atom is 0.174 e. The lowest BCUT2D eigenvalue weighted by molar-refractivity contribution is 0.412. The molecule has 3 heterocycles. The molecule has 1 saturated heterocycles. The van der Waals surface area contributed by atoms with Crippen molar-refractivity contribution in [2.24, 2.45) is 0 Å². The normalized spacial score (nSPS) is 17.9. The number of rotatable bonds is 5. The van der Waals surface area contributed by atoms with Crippen LogP contribution >= 0.6 is 23.8 Å². The molecule has 0 radical (unpaired) electrons. The van der Waals surface area contributed by atoms with Gasteiger partial charge in [-0.1, -0.05) is 29.8 Å². The van der Waals surface area contributed by atoms with Crippen LogP contribution in [0.2, 0.25) is 5.02 Å². The maximum atomic E-state index is 6.16. The van der Waals surface area contributed by atoms with E-state index in [9.17, 15) is 0 Å². The lowest BCUT2D eigenvalue weighted by atomic mass is 10.0. The average molecular weight is 461 g/mol. The first kappa shape index (κ1) is 20.5. The van der Waals surface area contributed by atoms with Gasteiger partial charge in [-0.25, -0.2) is 0 Å². The summed E-state index contributed by atoms with van der Waals surface area (Å²) in [6.45, 7) is 0. The molecule has 7 heteroatoms. The predicted octanol–water partition coefficient (Wildman–Crippen LogP) is 5.71. The van der Waals surface area contributed by atoms with Gasteiger partial charge in [0.1, 0.15) is 11.8 Å². The molecule has 0 bridgehead atoms. The molecule has 1 aliphatic heterocycles. The minimum Gasteiger partial charge on any atom is -0.495 e. The van der Waals surface area contributed by atoms with Crippen molar-refractivity contribution in [3.05, 3.63) is 108 Å². The van der Waals surface area contributed by atoms with Gasteiger partial charge in [-0.05, 0) is 72.9 Å². The zero-order valence-electron chi connectivity index (χ0n) is 17.4. The monoisotopic (exact) mass is 460 g/mol. The van der Waals surface area contributed by atoms with Gasteiger partial charge in [-0.2, -0.15) is 0 Å². The molecule has 2 atom stereocenters. The van der Waals surface area contributed by atoms with E-state index in [-0.39, 0.29) is 12.1 Å². The Bertz CT molecular complexity index is 1240. The van der Waals surface area contributed by atoms with E-state index in [1.54, 1.807) is 13.3 Å². The number of halogens is 1. The molecule has 1 fully saturated rings. The minimum atomic E-state index is -0.140. The second kappa shape index (κ2) is 8.65. The molecular formula is C25H21ClN4OS. The number of methoxy groups -OCH3 is 1. The summed E-state index contributed by atoms with van der Waals surface area (Å²) in [6, 6.07) is 25.5. The van der Waals surface area contributed by atoms with Crippen molar-refractivity contribution in [2.45, 2.75) is 12.1 Å². The molecule has 0 spiro atoms. The lowest BCUT2D eigenvalue weighted by Gasteiger charge is -2.29. The summed E-state index contributed by atoms with van der Waals surface area (Å²) >= 11 is 12.0. The Morgan fingerprint density at radius 3 is 2.50 bits per heavy atom. The molecule has 5 rings (SSSR count). The molecule has 5 nitrogen and oxygen atoms in total. The number of para-hydroxylation sites is 2. The van der Waals surface area contributed by atoms with Gasteiger partial charge in [0.25, 0.3) is 0 Å². The molecule has 0 saturated carbocycles. The third-order valence-corrected chi connectivity index (χ3v) is 6.20. The van der Waals surface area contributed by atoms with E-state index >= 15 is 0 Å². The third-order valence-electron chi connectivity index (χ3n) is 5.63. The topological polar surface area (TPSA) is 42.3 Å². The van der Waals surface area contributed by atoms with Crippen molar-refractivity contribution in [1.29, 1.82) is 0 Å². The van der Waals surface area contributed by atoms with Crippen LogP contribution in [0.1, 0.15) is 23.5 Å². The summed E-state index contributed by atoms with van der Waals surface area (Å²) in [5.41, 5.74) is 3.91. The van der Waals surface area contributed by atoms with E-state index < -0.39 is 0 Å². The number of benzene rings is 2. The van der Waals surface area contributed by atoms with Crippen LogP contribution in [0.3, 0.4) is 0 Å². The van der Waals surface area contributed by atoms with E-state index in [4.69, 9.17) is 28.6 Å². The van der Waals surface area contributed by atoms with E-state index in [0.29, 0.717) is 10.1 Å². The first-order valence-electron chi connectivity index (χ1n) is 10.2. The van der Waals surface area contributed by atoms with Crippen molar-refractivity contribution < 1.29 is 4.74 Å². The van der Waals surface area contributed by atoms with Gasteiger partial charge in [0.15, 0.2) is 5.11 Å². The van der Waals surface area contributed by atoms with E-state index in [1.165, 1.54) is 0 Å². The number of thiocarbonyl (C=S) groups is 1. The Hall–Kier alpha value is -3.35. The molecule has 1 aliphatic rings. The van der Waals surface area contributed by atoms with Crippen molar-refractivity contribution in [1.82, 2.24) is 14.9 Å². The zero-order chi connectivity index (χ0) is 22.1. The summed E-state index contributed by atoms with van der Waals surface area (Å²) in [5.74, 6) is 0.797. The van der Waals surface area contributed by atoms with Crippen LogP contribution in [0.5, 0.6) is 5.75 Å². The number of anilines is 1. The highest BCUT2D eigenvalue weighted by Gasteiger charge is 2.42. The Kier molecular flexibility index (Phi) is 5.55. The van der Waals surface area contributed by atoms with E-state index in [0.717, 1.165) is 28.5 Å². The highest BCUT2D eigenvalue weighted by atomic mass is 35.5. The highest BCUT2D eigenvalue weighted by Crippen LogP contribution is 2.43. The number of aromatic nitrogens is 2. The lowest BCUT2D eigenvalue weighted by Crippen LogP contribution is -2.30. The van der Waals surface area contributed by atoms with Crippen LogP contribution in [0, 0.1) is 0 Å². The van der Waals surface area contributed by atoms with Crippen molar-refractivity contribution in [2.75, 3.05) is 12.0 Å². The van der Waals surface area contributed by atoms with Gasteiger partial charge in [0.2, 0.25) is 0 Å². The Morgan fingerprint density at radius 1 is 0.969 bits per heavy atom. The summed E-state index contributed by atoms with van der Waals surface area (Å²) in [6.07, 6.45) is 3.85. The van der Waals surface area contributed by atoms with Gasteiger partial charge >= 0.3 is 0 Å². The van der Waals surface area contributed by atoms with Crippen LogP contribution in [0.15, 0.2) is 91.3 Å². The number of pyridine rings is 1. The third kappa shape index (κ3) is 3.61. The fourth-order valence-electron chi connectivity index (χ4n) is 4.22. The van der Waals surface area contributed by atoms with Crippen LogP contribution < -0.4 is 15.0 Å². The molecule has 4 aromatic rings. The first-order valence-corrected chi connectivity index (χ1v) is 11.0. The van der Waals surface area contributed by atoms with Crippen LogP contribution in [0.25, 0.3) is 5.69 Å². The Labute approximate surface area is 197 Å². The predicted molar refractivity (Wildman–Crippen MR) is 132 cm³/mol. The standard InChI is InChI=1S/C25H21ClN4OS/c1-31-22-10-3-2-8-20(22)29-16-6-9-21(29)24-23(19-7-4-5-15-27-19)28-25(32)30(24)18-13-11-17(26)12-14-18/h2-16,23-24H,1H3,(H,28,32)/t23-,24-/m1/s1. The smallest absolute Gasteiger partial charge is 0.174 e. The number of nitrogens with one attached hydrogen (secondary N) is 1. The second-order valence-corrected chi connectivity index (χ2v) is 8.27. The van der Waals surface area contributed by atoms with Crippen LogP contribution in [-0.4, -0.2) is 21.8 Å². The Morgan fingerprint density at radius 2 is 1.75 bits per heavy atom. The number of nitrogens with zero attached hydrogens (tertiary/aromatic N) is 3. The molecule has 1 N–H and O–H groups in total. The molecule has 0 aliphatic carbocycles. The maximum absolute atomic E-state index is 6.16. The van der Waals surface area contributed by atoms with Crippen molar-refractivity contribution >= 4 is 34.6 Å². The summed E-state index contributed by atoms with van der Waals surface area (Å²) < 4.78 is 7.79. The van der Waals surface area contributed by atoms with Gasteiger partial charge < -0.3 is 19.5 Å². The molecule has 2 aromatic carbocycles. The SMILES string of the molecule is COc1ccccc1-n1cccc1[C@@H]1[C@@H](c2ccccn2)NC(=S)N1c1ccc(Cl)cc1. The zero-order valence-corrected chi connectivity index (χ0v) is 18.9. The number of ether oxygens (including phenoxy) is 1. The van der Waals surface area contributed by atoms with Gasteiger partial charge in [0.05, 0.1) is 24.5 Å². The Balaban J connectivity index is 1.68. The molecule has 160 valence electrons. The van der Waals surface area contributed by atoms with Gasteiger partial charge in [0, 0.05) is 28.8 Å². The largest absolute Gasteiger partial charge is 0.495 e. The number of hydrogen-bond acceptors (Lipinski definition) is 3. The fourth-order valence-corrected chi connectivity index (χ4v) is 4.69. The first-order chi connectivity index (χ1) is 15.7. The molecule has 2 aromatic heterocycles. The summed E-state index contributed by atoms with van der Waals surface area (Å²) in [5, 5.41) is 4.82. The van der Waals surface area contributed by atoms with Crippen LogP contribution in [-0.2, 0) is 0 Å². The molecule has 0 unspecified atom stereocenters. The second-order valence-electron chi connectivity index (χ2n) is 7.45. The molecule has 32 heavy (non-hydrogen) atoms. The van der Waals surface area contributed by atoms with Gasteiger partial charge in [-0.15, -0.1) is 0 Å². The van der Waals surface area contributed by atoms with Crippen molar-refractivity contribution in [3.63, 3.8) is 0 Å². The molecular weight excluding hydrogens is 440 g/mol. The van der Waals surface area contributed by atoms with Crippen LogP contribution in [0.4, 0.5) is 5.69 Å².